The number of benzene rings is 2. The molecule has 2 unspecified atom stereocenters. The van der Waals surface area contributed by atoms with E-state index in [-0.39, 0.29) is 12.1 Å². The number of amides is 1. The number of carbonyl (C=O) groups is 2. The molecular formula is C28H33ClN4O6. The molecule has 1 N–H and O–H groups in total. The van der Waals surface area contributed by atoms with Crippen molar-refractivity contribution in [3.05, 3.63) is 47.5 Å². The van der Waals surface area contributed by atoms with Crippen LogP contribution >= 0.6 is 11.6 Å². The van der Waals surface area contributed by atoms with Gasteiger partial charge in [0.15, 0.2) is 0 Å². The highest BCUT2D eigenvalue weighted by Gasteiger charge is 2.42. The van der Waals surface area contributed by atoms with Gasteiger partial charge in [-0.1, -0.05) is 16.8 Å². The number of nitrogens with one attached hydrogen (secondary N) is 1. The second kappa shape index (κ2) is 11.5. The quantitative estimate of drug-likeness (QED) is 0.360. The summed E-state index contributed by atoms with van der Waals surface area (Å²) in [5, 5.41) is 7.94. The first-order chi connectivity index (χ1) is 18.4. The van der Waals surface area contributed by atoms with Crippen molar-refractivity contribution >= 4 is 29.4 Å². The fraction of sp³-hybridized carbons (Fsp3) is 0.429. The number of hydrogen-bond donors (Lipinski definition) is 1. The van der Waals surface area contributed by atoms with Crippen LogP contribution in [0.4, 0.5) is 10.5 Å². The predicted octanol–water partition coefficient (Wildman–Crippen LogP) is 5.81. The molecule has 11 heteroatoms. The van der Waals surface area contributed by atoms with E-state index in [4.69, 9.17) is 30.3 Å². The number of hydrogen-bond acceptors (Lipinski definition) is 9. The lowest BCUT2D eigenvalue weighted by atomic mass is 10.1. The van der Waals surface area contributed by atoms with Crippen molar-refractivity contribution in [1.29, 1.82) is 0 Å². The Morgan fingerprint density at radius 2 is 1.82 bits per heavy atom. The number of nitrogens with zero attached hydrogens (tertiary/aromatic N) is 3. The molecule has 0 radical (unpaired) electrons. The van der Waals surface area contributed by atoms with E-state index >= 15 is 0 Å². The zero-order valence-corrected chi connectivity index (χ0v) is 23.6. The molecule has 1 saturated heterocycles. The Morgan fingerprint density at radius 3 is 2.44 bits per heavy atom. The van der Waals surface area contributed by atoms with Gasteiger partial charge in [0, 0.05) is 35.8 Å². The molecule has 0 spiro atoms. The first-order valence-electron chi connectivity index (χ1n) is 12.7. The largest absolute Gasteiger partial charge is 0.489 e. The lowest BCUT2D eigenvalue weighted by Crippen LogP contribution is -2.44. The van der Waals surface area contributed by atoms with Crippen LogP contribution in [0.15, 0.2) is 47.0 Å². The predicted molar refractivity (Wildman–Crippen MR) is 147 cm³/mol. The van der Waals surface area contributed by atoms with Gasteiger partial charge in [-0.15, -0.1) is 0 Å². The van der Waals surface area contributed by atoms with Crippen LogP contribution in [0.3, 0.4) is 0 Å². The summed E-state index contributed by atoms with van der Waals surface area (Å²) in [4.78, 5) is 31.0. The van der Waals surface area contributed by atoms with Gasteiger partial charge in [0.2, 0.25) is 5.82 Å². The van der Waals surface area contributed by atoms with Gasteiger partial charge in [0.05, 0.1) is 18.2 Å². The summed E-state index contributed by atoms with van der Waals surface area (Å²) in [6, 6.07) is 11.9. The van der Waals surface area contributed by atoms with Crippen LogP contribution < -0.4 is 10.1 Å². The van der Waals surface area contributed by atoms with Crippen molar-refractivity contribution in [2.45, 2.75) is 64.8 Å². The number of rotatable bonds is 7. The lowest BCUT2D eigenvalue weighted by molar-refractivity contribution is -0.145. The summed E-state index contributed by atoms with van der Waals surface area (Å²) in [6.45, 7) is 9.51. The van der Waals surface area contributed by atoms with Crippen LogP contribution in [-0.4, -0.2) is 64.5 Å². The average Bonchev–Trinajstić information content (AvgIpc) is 3.52. The SMILES string of the molecule is COC(=O)C1CC(Nc2ccc(-c3nc(-c4ccc(OC(C)C)c(Cl)c4)no3)cc2)CN1C(=O)OC(C)(C)C. The number of aromatic nitrogens is 2. The van der Waals surface area contributed by atoms with Crippen molar-refractivity contribution in [3.63, 3.8) is 0 Å². The highest BCUT2D eigenvalue weighted by atomic mass is 35.5. The summed E-state index contributed by atoms with van der Waals surface area (Å²) in [5.74, 6) is 0.887. The maximum absolute atomic E-state index is 12.7. The number of carbonyl (C=O) groups excluding carboxylic acids is 2. The van der Waals surface area contributed by atoms with Crippen molar-refractivity contribution < 1.29 is 28.3 Å². The Morgan fingerprint density at radius 1 is 1.13 bits per heavy atom. The van der Waals surface area contributed by atoms with E-state index in [1.54, 1.807) is 32.9 Å². The molecule has 2 heterocycles. The van der Waals surface area contributed by atoms with Crippen molar-refractivity contribution in [2.75, 3.05) is 19.0 Å². The second-order valence-corrected chi connectivity index (χ2v) is 11.0. The highest BCUT2D eigenvalue weighted by Crippen LogP contribution is 2.31. The first kappa shape index (κ1) is 28.2. The third kappa shape index (κ3) is 7.00. The fourth-order valence-electron chi connectivity index (χ4n) is 4.21. The van der Waals surface area contributed by atoms with E-state index in [0.717, 1.165) is 11.3 Å². The average molecular weight is 557 g/mol. The van der Waals surface area contributed by atoms with E-state index < -0.39 is 23.7 Å². The van der Waals surface area contributed by atoms with Gasteiger partial charge in [-0.25, -0.2) is 9.59 Å². The molecule has 0 aliphatic carbocycles. The molecule has 2 aromatic carbocycles. The van der Waals surface area contributed by atoms with Crippen LogP contribution in [0.1, 0.15) is 41.0 Å². The topological polar surface area (TPSA) is 116 Å². The fourth-order valence-corrected chi connectivity index (χ4v) is 4.44. The van der Waals surface area contributed by atoms with Gasteiger partial charge >= 0.3 is 12.1 Å². The Labute approximate surface area is 232 Å². The van der Waals surface area contributed by atoms with Crippen LogP contribution in [-0.2, 0) is 14.3 Å². The van der Waals surface area contributed by atoms with E-state index in [1.165, 1.54) is 12.0 Å². The number of ether oxygens (including phenoxy) is 3. The summed E-state index contributed by atoms with van der Waals surface area (Å²) < 4.78 is 21.6. The third-order valence-corrected chi connectivity index (χ3v) is 6.18. The minimum Gasteiger partial charge on any atom is -0.489 e. The van der Waals surface area contributed by atoms with Gasteiger partial charge in [0.1, 0.15) is 17.4 Å². The van der Waals surface area contributed by atoms with Gasteiger partial charge in [-0.3, -0.25) is 4.90 Å². The molecule has 1 aliphatic rings. The molecule has 2 atom stereocenters. The van der Waals surface area contributed by atoms with Gasteiger partial charge in [-0.05, 0) is 77.1 Å². The standard InChI is InChI=1S/C28H33ClN4O6/c1-16(2)37-23-12-9-18(13-21(23)29)24-31-25(39-32-24)17-7-10-19(11-8-17)30-20-14-22(26(34)36-6)33(15-20)27(35)38-28(3,4)5/h7-13,16,20,22,30H,14-15H2,1-6H3. The van der Waals surface area contributed by atoms with E-state index in [9.17, 15) is 9.59 Å². The molecule has 39 heavy (non-hydrogen) atoms. The van der Waals surface area contributed by atoms with Gasteiger partial charge in [-0.2, -0.15) is 4.98 Å². The Kier molecular flexibility index (Phi) is 8.34. The normalized spacial score (nSPS) is 17.3. The van der Waals surface area contributed by atoms with E-state index in [0.29, 0.717) is 41.0 Å². The zero-order valence-electron chi connectivity index (χ0n) is 22.9. The molecule has 1 fully saturated rings. The van der Waals surface area contributed by atoms with Crippen LogP contribution in [0.2, 0.25) is 5.02 Å². The van der Waals surface area contributed by atoms with E-state index in [1.807, 2.05) is 44.2 Å². The molecule has 0 saturated carbocycles. The molecule has 0 bridgehead atoms. The minimum absolute atomic E-state index is 0.00875. The summed E-state index contributed by atoms with van der Waals surface area (Å²) in [6.07, 6.45) is -0.146. The third-order valence-electron chi connectivity index (χ3n) is 5.88. The zero-order chi connectivity index (χ0) is 28.3. The van der Waals surface area contributed by atoms with Crippen molar-refractivity contribution in [1.82, 2.24) is 15.0 Å². The van der Waals surface area contributed by atoms with Gasteiger partial charge in [0.25, 0.3) is 5.89 Å². The first-order valence-corrected chi connectivity index (χ1v) is 13.1. The molecule has 1 aromatic heterocycles. The molecule has 10 nitrogen and oxygen atoms in total. The second-order valence-electron chi connectivity index (χ2n) is 10.6. The van der Waals surface area contributed by atoms with Crippen molar-refractivity contribution in [2.24, 2.45) is 0 Å². The Balaban J connectivity index is 1.43. The Bertz CT molecular complexity index is 1320. The van der Waals surface area contributed by atoms with Crippen LogP contribution in [0.25, 0.3) is 22.8 Å². The van der Waals surface area contributed by atoms with Crippen LogP contribution in [0.5, 0.6) is 5.75 Å². The number of anilines is 1. The molecule has 1 amide bonds. The molecular weight excluding hydrogens is 524 g/mol. The summed E-state index contributed by atoms with van der Waals surface area (Å²) in [5.41, 5.74) is 1.58. The number of methoxy groups -OCH3 is 1. The summed E-state index contributed by atoms with van der Waals surface area (Å²) >= 11 is 6.35. The Hall–Kier alpha value is -3.79. The summed E-state index contributed by atoms with van der Waals surface area (Å²) in [7, 11) is 1.31. The molecule has 3 aromatic rings. The number of esters is 1. The molecule has 208 valence electrons. The highest BCUT2D eigenvalue weighted by molar-refractivity contribution is 6.32. The molecule has 1 aliphatic heterocycles. The lowest BCUT2D eigenvalue weighted by Gasteiger charge is -2.27. The molecule has 4 rings (SSSR count). The maximum atomic E-state index is 12.7. The number of likely N-dealkylation sites (tertiary alicyclic amines) is 1. The van der Waals surface area contributed by atoms with Gasteiger partial charge < -0.3 is 24.1 Å². The minimum atomic E-state index is -0.724. The monoisotopic (exact) mass is 556 g/mol. The van der Waals surface area contributed by atoms with Crippen LogP contribution in [0, 0.1) is 0 Å². The maximum Gasteiger partial charge on any atom is 0.411 e. The number of halogens is 1. The smallest absolute Gasteiger partial charge is 0.411 e. The van der Waals surface area contributed by atoms with Crippen molar-refractivity contribution in [3.8, 4) is 28.6 Å². The van der Waals surface area contributed by atoms with E-state index in [2.05, 4.69) is 15.5 Å².